The van der Waals surface area contributed by atoms with Gasteiger partial charge >= 0.3 is 0 Å². The Kier molecular flexibility index (Phi) is 5.39. The number of Topliss-reactive ketones (excluding diaryl/α,β-unsaturated/α-hetero) is 1. The Morgan fingerprint density at radius 3 is 2.31 bits per heavy atom. The van der Waals surface area contributed by atoms with Gasteiger partial charge in [-0.05, 0) is 18.6 Å². The van der Waals surface area contributed by atoms with E-state index in [1.54, 1.807) is 24.3 Å². The summed E-state index contributed by atoms with van der Waals surface area (Å²) >= 11 is 0. The van der Waals surface area contributed by atoms with Gasteiger partial charge in [-0.3, -0.25) is 9.00 Å². The minimum atomic E-state index is -0.918. The minimum Gasteiger partial charge on any atom is -0.294 e. The molecule has 0 heterocycles. The Morgan fingerprint density at radius 2 is 1.81 bits per heavy atom. The standard InChI is InChI=1S/C13H18O2S/c1-3-5-10-16(15)12-8-6-11(7-9-12)13(14)4-2/h6-9H,3-5,10H2,1-2H3. The highest BCUT2D eigenvalue weighted by molar-refractivity contribution is 7.85. The molecule has 1 atom stereocenters. The van der Waals surface area contributed by atoms with Crippen molar-refractivity contribution in [2.24, 2.45) is 0 Å². The van der Waals surface area contributed by atoms with Crippen LogP contribution in [-0.4, -0.2) is 15.7 Å². The Labute approximate surface area is 99.5 Å². The molecule has 0 N–H and O–H groups in total. The van der Waals surface area contributed by atoms with E-state index in [0.29, 0.717) is 17.7 Å². The van der Waals surface area contributed by atoms with Crippen LogP contribution < -0.4 is 0 Å². The fourth-order valence-electron chi connectivity index (χ4n) is 1.39. The molecule has 0 amide bonds. The average molecular weight is 238 g/mol. The highest BCUT2D eigenvalue weighted by atomic mass is 32.2. The number of carbonyl (C=O) groups excluding carboxylic acids is 1. The van der Waals surface area contributed by atoms with Crippen LogP contribution in [0.3, 0.4) is 0 Å². The number of hydrogen-bond acceptors (Lipinski definition) is 2. The summed E-state index contributed by atoms with van der Waals surface area (Å²) in [7, 11) is -0.918. The number of carbonyl (C=O) groups is 1. The van der Waals surface area contributed by atoms with Crippen molar-refractivity contribution in [1.82, 2.24) is 0 Å². The first-order valence-electron chi connectivity index (χ1n) is 5.70. The highest BCUT2D eigenvalue weighted by Crippen LogP contribution is 2.11. The molecule has 0 radical (unpaired) electrons. The number of benzene rings is 1. The van der Waals surface area contributed by atoms with E-state index in [1.807, 2.05) is 6.92 Å². The van der Waals surface area contributed by atoms with Crippen molar-refractivity contribution in [3.05, 3.63) is 29.8 Å². The smallest absolute Gasteiger partial charge is 0.162 e. The Hall–Kier alpha value is -0.960. The van der Waals surface area contributed by atoms with E-state index in [4.69, 9.17) is 0 Å². The lowest BCUT2D eigenvalue weighted by atomic mass is 10.1. The molecule has 1 aromatic carbocycles. The maximum atomic E-state index is 11.8. The zero-order chi connectivity index (χ0) is 12.0. The molecular formula is C13H18O2S. The van der Waals surface area contributed by atoms with Crippen LogP contribution in [0, 0.1) is 0 Å². The molecule has 0 aliphatic carbocycles. The predicted octanol–water partition coefficient (Wildman–Crippen LogP) is 3.19. The van der Waals surface area contributed by atoms with Crippen LogP contribution in [0.15, 0.2) is 29.2 Å². The maximum absolute atomic E-state index is 11.8. The van der Waals surface area contributed by atoms with Gasteiger partial charge in [0.2, 0.25) is 0 Å². The van der Waals surface area contributed by atoms with E-state index in [0.717, 1.165) is 17.7 Å². The topological polar surface area (TPSA) is 34.1 Å². The van der Waals surface area contributed by atoms with E-state index < -0.39 is 10.8 Å². The van der Waals surface area contributed by atoms with Gasteiger partial charge in [0, 0.05) is 22.6 Å². The molecule has 0 saturated heterocycles. The van der Waals surface area contributed by atoms with Crippen LogP contribution in [-0.2, 0) is 10.8 Å². The molecule has 0 spiro atoms. The first-order chi connectivity index (χ1) is 7.69. The normalized spacial score (nSPS) is 12.4. The molecule has 0 aliphatic heterocycles. The van der Waals surface area contributed by atoms with Gasteiger partial charge in [-0.2, -0.15) is 0 Å². The lowest BCUT2D eigenvalue weighted by Gasteiger charge is -2.02. The molecule has 0 saturated carbocycles. The van der Waals surface area contributed by atoms with E-state index in [1.165, 1.54) is 0 Å². The van der Waals surface area contributed by atoms with Gasteiger partial charge in [-0.25, -0.2) is 0 Å². The lowest BCUT2D eigenvalue weighted by molar-refractivity contribution is 0.0988. The van der Waals surface area contributed by atoms with Crippen molar-refractivity contribution in [3.8, 4) is 0 Å². The van der Waals surface area contributed by atoms with E-state index >= 15 is 0 Å². The number of unbranched alkanes of at least 4 members (excludes halogenated alkanes) is 1. The van der Waals surface area contributed by atoms with Crippen molar-refractivity contribution in [2.75, 3.05) is 5.75 Å². The van der Waals surface area contributed by atoms with Crippen molar-refractivity contribution < 1.29 is 9.00 Å². The molecule has 16 heavy (non-hydrogen) atoms. The zero-order valence-electron chi connectivity index (χ0n) is 9.86. The zero-order valence-corrected chi connectivity index (χ0v) is 10.7. The van der Waals surface area contributed by atoms with E-state index in [-0.39, 0.29) is 5.78 Å². The summed E-state index contributed by atoms with van der Waals surface area (Å²) in [6, 6.07) is 7.14. The van der Waals surface area contributed by atoms with Gasteiger partial charge < -0.3 is 0 Å². The van der Waals surface area contributed by atoms with Gasteiger partial charge in [-0.1, -0.05) is 32.4 Å². The van der Waals surface area contributed by atoms with Crippen molar-refractivity contribution in [3.63, 3.8) is 0 Å². The molecule has 1 unspecified atom stereocenters. The highest BCUT2D eigenvalue weighted by Gasteiger charge is 2.06. The number of hydrogen-bond donors (Lipinski definition) is 0. The summed E-state index contributed by atoms with van der Waals surface area (Å²) in [5.74, 6) is 0.836. The van der Waals surface area contributed by atoms with Crippen molar-refractivity contribution >= 4 is 16.6 Å². The largest absolute Gasteiger partial charge is 0.294 e. The van der Waals surface area contributed by atoms with Crippen molar-refractivity contribution in [2.45, 2.75) is 38.0 Å². The molecule has 0 bridgehead atoms. The third-order valence-electron chi connectivity index (χ3n) is 2.44. The molecule has 0 aliphatic rings. The van der Waals surface area contributed by atoms with Crippen LogP contribution in [0.25, 0.3) is 0 Å². The third-order valence-corrected chi connectivity index (χ3v) is 3.90. The minimum absolute atomic E-state index is 0.130. The van der Waals surface area contributed by atoms with Crippen molar-refractivity contribution in [1.29, 1.82) is 0 Å². The van der Waals surface area contributed by atoms with Crippen LogP contribution >= 0.6 is 0 Å². The second-order valence-corrected chi connectivity index (χ2v) is 5.28. The van der Waals surface area contributed by atoms with E-state index in [9.17, 15) is 9.00 Å². The molecule has 1 rings (SSSR count). The summed E-state index contributed by atoms with van der Waals surface area (Å²) in [4.78, 5) is 12.2. The molecule has 88 valence electrons. The fourth-order valence-corrected chi connectivity index (χ4v) is 2.62. The molecule has 3 heteroatoms. The summed E-state index contributed by atoms with van der Waals surface area (Å²) in [6.45, 7) is 3.93. The molecular weight excluding hydrogens is 220 g/mol. The number of rotatable bonds is 6. The van der Waals surface area contributed by atoms with Gasteiger partial charge in [0.05, 0.1) is 10.8 Å². The fraction of sp³-hybridized carbons (Fsp3) is 0.462. The summed E-state index contributed by atoms with van der Waals surface area (Å²) in [6.07, 6.45) is 2.54. The van der Waals surface area contributed by atoms with Crippen LogP contribution in [0.1, 0.15) is 43.5 Å². The van der Waals surface area contributed by atoms with Gasteiger partial charge in [-0.15, -0.1) is 0 Å². The molecule has 0 aromatic heterocycles. The summed E-state index contributed by atoms with van der Waals surface area (Å²) < 4.78 is 11.8. The lowest BCUT2D eigenvalue weighted by Crippen LogP contribution is -2.00. The first kappa shape index (κ1) is 13.1. The summed E-state index contributed by atoms with van der Waals surface area (Å²) in [5, 5.41) is 0. The van der Waals surface area contributed by atoms with Crippen LogP contribution in [0.5, 0.6) is 0 Å². The van der Waals surface area contributed by atoms with E-state index in [2.05, 4.69) is 6.92 Å². The molecule has 2 nitrogen and oxygen atoms in total. The quantitative estimate of drug-likeness (QED) is 0.713. The number of ketones is 1. The Bertz CT molecular complexity index is 368. The SMILES string of the molecule is CCCCS(=O)c1ccc(C(=O)CC)cc1. The monoisotopic (exact) mass is 238 g/mol. The van der Waals surface area contributed by atoms with Crippen LogP contribution in [0.4, 0.5) is 0 Å². The Balaban J connectivity index is 2.71. The summed E-state index contributed by atoms with van der Waals surface area (Å²) in [5.41, 5.74) is 0.707. The van der Waals surface area contributed by atoms with Gasteiger partial charge in [0.25, 0.3) is 0 Å². The second kappa shape index (κ2) is 6.59. The first-order valence-corrected chi connectivity index (χ1v) is 7.02. The molecule has 1 aromatic rings. The van der Waals surface area contributed by atoms with Gasteiger partial charge in [0.1, 0.15) is 0 Å². The Morgan fingerprint density at radius 1 is 1.19 bits per heavy atom. The predicted molar refractivity (Wildman–Crippen MR) is 67.2 cm³/mol. The third kappa shape index (κ3) is 3.56. The maximum Gasteiger partial charge on any atom is 0.162 e. The van der Waals surface area contributed by atoms with Gasteiger partial charge in [0.15, 0.2) is 5.78 Å². The second-order valence-electron chi connectivity index (χ2n) is 3.70. The average Bonchev–Trinajstić information content (AvgIpc) is 2.35. The van der Waals surface area contributed by atoms with Crippen LogP contribution in [0.2, 0.25) is 0 Å². The molecule has 0 fully saturated rings.